The zero-order chi connectivity index (χ0) is 14.5. The lowest BCUT2D eigenvalue weighted by atomic mass is 10.1. The summed E-state index contributed by atoms with van der Waals surface area (Å²) < 4.78 is 2.73. The van der Waals surface area contributed by atoms with Gasteiger partial charge < -0.3 is 5.32 Å². The molecule has 5 heteroatoms. The van der Waals surface area contributed by atoms with Gasteiger partial charge in [0.25, 0.3) is 0 Å². The van der Waals surface area contributed by atoms with Crippen LogP contribution >= 0.6 is 15.9 Å². The number of hydrogen-bond donors (Lipinski definition) is 1. The highest BCUT2D eigenvalue weighted by molar-refractivity contribution is 9.10. The Kier molecular flexibility index (Phi) is 4.94. The highest BCUT2D eigenvalue weighted by Gasteiger charge is 2.10. The Morgan fingerprint density at radius 2 is 2.30 bits per heavy atom. The standard InChI is InChI=1S/C15H17BrN4/c1-3-6-18-11(2)12-4-5-14(13(16)9-12)20-8-7-19-15(20)10-17/h4-5,7-9,11,18H,3,6H2,1-2H3. The van der Waals surface area contributed by atoms with Gasteiger partial charge in [-0.2, -0.15) is 5.26 Å². The second-order valence-corrected chi connectivity index (χ2v) is 5.47. The lowest BCUT2D eigenvalue weighted by Gasteiger charge is -2.15. The third kappa shape index (κ3) is 3.09. The van der Waals surface area contributed by atoms with E-state index in [-0.39, 0.29) is 0 Å². The lowest BCUT2D eigenvalue weighted by molar-refractivity contribution is 0.570. The summed E-state index contributed by atoms with van der Waals surface area (Å²) in [6.07, 6.45) is 4.53. The molecule has 1 aromatic heterocycles. The molecule has 0 amide bonds. The van der Waals surface area contributed by atoms with E-state index in [4.69, 9.17) is 5.26 Å². The maximum absolute atomic E-state index is 9.04. The first-order valence-electron chi connectivity index (χ1n) is 6.64. The van der Waals surface area contributed by atoms with Crippen molar-refractivity contribution in [3.63, 3.8) is 0 Å². The van der Waals surface area contributed by atoms with Gasteiger partial charge in [-0.15, -0.1) is 0 Å². The Morgan fingerprint density at radius 1 is 1.50 bits per heavy atom. The SMILES string of the molecule is CCCNC(C)c1ccc(-n2ccnc2C#N)c(Br)c1. The molecule has 20 heavy (non-hydrogen) atoms. The van der Waals surface area contributed by atoms with Crippen molar-refractivity contribution < 1.29 is 0 Å². The zero-order valence-electron chi connectivity index (χ0n) is 11.6. The van der Waals surface area contributed by atoms with E-state index in [0.717, 1.165) is 23.1 Å². The van der Waals surface area contributed by atoms with E-state index in [1.165, 1.54) is 5.56 Å². The minimum Gasteiger partial charge on any atom is -0.310 e. The van der Waals surface area contributed by atoms with Crippen LogP contribution in [0.2, 0.25) is 0 Å². The van der Waals surface area contributed by atoms with Crippen LogP contribution in [-0.2, 0) is 0 Å². The number of benzene rings is 1. The number of imidazole rings is 1. The van der Waals surface area contributed by atoms with Crippen molar-refractivity contribution in [3.05, 3.63) is 46.5 Å². The summed E-state index contributed by atoms with van der Waals surface area (Å²) in [4.78, 5) is 4.02. The molecule has 2 aromatic rings. The van der Waals surface area contributed by atoms with Gasteiger partial charge >= 0.3 is 0 Å². The molecular formula is C15H17BrN4. The number of halogens is 1. The topological polar surface area (TPSA) is 53.6 Å². The molecule has 104 valence electrons. The molecule has 0 spiro atoms. The van der Waals surface area contributed by atoms with Crippen molar-refractivity contribution in [2.75, 3.05) is 6.54 Å². The van der Waals surface area contributed by atoms with E-state index >= 15 is 0 Å². The highest BCUT2D eigenvalue weighted by Crippen LogP contribution is 2.26. The Labute approximate surface area is 127 Å². The average molecular weight is 333 g/mol. The second kappa shape index (κ2) is 6.69. The minimum absolute atomic E-state index is 0.304. The van der Waals surface area contributed by atoms with E-state index in [0.29, 0.717) is 11.9 Å². The van der Waals surface area contributed by atoms with E-state index in [1.807, 2.05) is 6.07 Å². The average Bonchev–Trinajstić information content (AvgIpc) is 2.92. The molecule has 1 atom stereocenters. The van der Waals surface area contributed by atoms with Crippen molar-refractivity contribution in [2.45, 2.75) is 26.3 Å². The van der Waals surface area contributed by atoms with Gasteiger partial charge in [0.1, 0.15) is 6.07 Å². The lowest BCUT2D eigenvalue weighted by Crippen LogP contribution is -2.19. The van der Waals surface area contributed by atoms with Gasteiger partial charge in [0.2, 0.25) is 5.82 Å². The van der Waals surface area contributed by atoms with Crippen molar-refractivity contribution >= 4 is 15.9 Å². The van der Waals surface area contributed by atoms with Crippen LogP contribution in [0, 0.1) is 11.3 Å². The van der Waals surface area contributed by atoms with E-state index < -0.39 is 0 Å². The summed E-state index contributed by atoms with van der Waals surface area (Å²) in [5, 5.41) is 12.5. The number of hydrogen-bond acceptors (Lipinski definition) is 3. The molecule has 2 rings (SSSR count). The Hall–Kier alpha value is -1.64. The smallest absolute Gasteiger partial charge is 0.217 e. The van der Waals surface area contributed by atoms with Crippen LogP contribution in [0.1, 0.15) is 37.7 Å². The number of nitrogens with zero attached hydrogens (tertiary/aromatic N) is 3. The molecule has 0 aliphatic carbocycles. The summed E-state index contributed by atoms with van der Waals surface area (Å²) in [7, 11) is 0. The van der Waals surface area contributed by atoms with Crippen LogP contribution in [0.4, 0.5) is 0 Å². The van der Waals surface area contributed by atoms with Crippen LogP contribution in [0.5, 0.6) is 0 Å². The van der Waals surface area contributed by atoms with E-state index in [9.17, 15) is 0 Å². The first-order chi connectivity index (χ1) is 9.67. The monoisotopic (exact) mass is 332 g/mol. The number of nitrogens with one attached hydrogen (secondary N) is 1. The van der Waals surface area contributed by atoms with Crippen LogP contribution in [0.25, 0.3) is 5.69 Å². The second-order valence-electron chi connectivity index (χ2n) is 4.62. The van der Waals surface area contributed by atoms with Gasteiger partial charge in [-0.05, 0) is 53.5 Å². The normalized spacial score (nSPS) is 12.1. The van der Waals surface area contributed by atoms with Crippen molar-refractivity contribution in [1.29, 1.82) is 5.26 Å². The molecular weight excluding hydrogens is 316 g/mol. The Balaban J connectivity index is 2.29. The van der Waals surface area contributed by atoms with Gasteiger partial charge in [0.15, 0.2) is 0 Å². The van der Waals surface area contributed by atoms with Gasteiger partial charge in [-0.3, -0.25) is 4.57 Å². The van der Waals surface area contributed by atoms with Gasteiger partial charge in [0.05, 0.1) is 5.69 Å². The number of aromatic nitrogens is 2. The fourth-order valence-corrected chi connectivity index (χ4v) is 2.63. The molecule has 1 unspecified atom stereocenters. The van der Waals surface area contributed by atoms with Gasteiger partial charge in [-0.1, -0.05) is 13.0 Å². The van der Waals surface area contributed by atoms with Crippen molar-refractivity contribution in [2.24, 2.45) is 0 Å². The first-order valence-corrected chi connectivity index (χ1v) is 7.43. The Bertz CT molecular complexity index is 627. The first kappa shape index (κ1) is 14.8. The number of nitriles is 1. The maximum Gasteiger partial charge on any atom is 0.217 e. The zero-order valence-corrected chi connectivity index (χ0v) is 13.2. The third-order valence-electron chi connectivity index (χ3n) is 3.17. The molecule has 0 aliphatic heterocycles. The van der Waals surface area contributed by atoms with E-state index in [2.05, 4.69) is 58.3 Å². The van der Waals surface area contributed by atoms with E-state index in [1.54, 1.807) is 17.0 Å². The summed E-state index contributed by atoms with van der Waals surface area (Å²) in [5.41, 5.74) is 2.14. The molecule has 1 aromatic carbocycles. The quantitative estimate of drug-likeness (QED) is 0.910. The van der Waals surface area contributed by atoms with Crippen molar-refractivity contribution in [3.8, 4) is 11.8 Å². The maximum atomic E-state index is 9.04. The molecule has 0 fully saturated rings. The predicted molar refractivity (Wildman–Crippen MR) is 82.7 cm³/mol. The molecule has 0 radical (unpaired) electrons. The minimum atomic E-state index is 0.304. The Morgan fingerprint density at radius 3 is 2.95 bits per heavy atom. The molecule has 0 aliphatic rings. The number of rotatable bonds is 5. The summed E-state index contributed by atoms with van der Waals surface area (Å²) in [6, 6.07) is 8.56. The largest absolute Gasteiger partial charge is 0.310 e. The summed E-state index contributed by atoms with van der Waals surface area (Å²) in [5.74, 6) is 0.385. The van der Waals surface area contributed by atoms with Gasteiger partial charge in [0, 0.05) is 22.9 Å². The highest BCUT2D eigenvalue weighted by atomic mass is 79.9. The van der Waals surface area contributed by atoms with Crippen LogP contribution in [0.15, 0.2) is 35.1 Å². The molecule has 0 saturated heterocycles. The fourth-order valence-electron chi connectivity index (χ4n) is 2.05. The molecule has 0 saturated carbocycles. The van der Waals surface area contributed by atoms with Crippen molar-refractivity contribution in [1.82, 2.24) is 14.9 Å². The van der Waals surface area contributed by atoms with Crippen LogP contribution < -0.4 is 5.32 Å². The molecule has 1 N–H and O–H groups in total. The van der Waals surface area contributed by atoms with Crippen LogP contribution in [0.3, 0.4) is 0 Å². The molecule has 1 heterocycles. The molecule has 0 bridgehead atoms. The fraction of sp³-hybridized carbons (Fsp3) is 0.333. The van der Waals surface area contributed by atoms with Gasteiger partial charge in [-0.25, -0.2) is 4.98 Å². The van der Waals surface area contributed by atoms with Crippen LogP contribution in [-0.4, -0.2) is 16.1 Å². The predicted octanol–water partition coefficient (Wildman–Crippen LogP) is 3.57. The third-order valence-corrected chi connectivity index (χ3v) is 3.81. The molecule has 4 nitrogen and oxygen atoms in total. The summed E-state index contributed by atoms with van der Waals surface area (Å²) >= 11 is 3.58. The summed E-state index contributed by atoms with van der Waals surface area (Å²) in [6.45, 7) is 5.30.